The van der Waals surface area contributed by atoms with Crippen LogP contribution in [0.5, 0.6) is 5.88 Å². The zero-order valence-electron chi connectivity index (χ0n) is 13.3. The summed E-state index contributed by atoms with van der Waals surface area (Å²) in [6, 6.07) is 0. The molecule has 1 aromatic heterocycles. The van der Waals surface area contributed by atoms with Crippen molar-refractivity contribution in [3.8, 4) is 5.88 Å². The van der Waals surface area contributed by atoms with E-state index in [4.69, 9.17) is 9.47 Å². The van der Waals surface area contributed by atoms with Gasteiger partial charge in [-0.05, 0) is 26.7 Å². The van der Waals surface area contributed by atoms with Crippen LogP contribution in [0.15, 0.2) is 12.4 Å². The van der Waals surface area contributed by atoms with E-state index in [1.807, 2.05) is 0 Å². The highest BCUT2D eigenvalue weighted by Crippen LogP contribution is 2.06. The molecule has 114 valence electrons. The number of nitrogens with zero attached hydrogens (tertiary/aromatic N) is 2. The molecule has 0 saturated heterocycles. The molecule has 1 heterocycles. The Morgan fingerprint density at radius 2 is 1.90 bits per heavy atom. The van der Waals surface area contributed by atoms with Crippen LogP contribution >= 0.6 is 0 Å². The number of hydrogen-bond acceptors (Lipinski definition) is 5. The lowest BCUT2D eigenvalue weighted by Gasteiger charge is -2.19. The Balaban J connectivity index is 2.25. The molecule has 0 amide bonds. The monoisotopic (exact) mass is 281 g/mol. The third-order valence-corrected chi connectivity index (χ3v) is 2.41. The highest BCUT2D eigenvalue weighted by atomic mass is 16.5. The van der Waals surface area contributed by atoms with Crippen molar-refractivity contribution in [2.24, 2.45) is 5.92 Å². The molecule has 0 saturated carbocycles. The lowest BCUT2D eigenvalue weighted by Crippen LogP contribution is -2.35. The lowest BCUT2D eigenvalue weighted by atomic mass is 10.1. The zero-order valence-corrected chi connectivity index (χ0v) is 13.3. The third kappa shape index (κ3) is 8.07. The lowest BCUT2D eigenvalue weighted by molar-refractivity contribution is 0.0805. The molecule has 1 N–H and O–H groups in total. The van der Waals surface area contributed by atoms with Crippen molar-refractivity contribution in [1.29, 1.82) is 0 Å². The van der Waals surface area contributed by atoms with Gasteiger partial charge in [0.15, 0.2) is 0 Å². The normalized spacial score (nSPS) is 11.9. The zero-order chi connectivity index (χ0) is 15.0. The maximum atomic E-state index is 5.47. The second-order valence-corrected chi connectivity index (χ2v) is 6.27. The third-order valence-electron chi connectivity index (χ3n) is 2.41. The van der Waals surface area contributed by atoms with Gasteiger partial charge in [-0.1, -0.05) is 13.8 Å². The molecule has 0 aliphatic carbocycles. The molecule has 0 radical (unpaired) electrons. The number of nitrogens with one attached hydrogen (secondary N) is 1. The van der Waals surface area contributed by atoms with Crippen LogP contribution in [0.3, 0.4) is 0 Å². The van der Waals surface area contributed by atoms with Gasteiger partial charge in [-0.3, -0.25) is 4.98 Å². The van der Waals surface area contributed by atoms with Gasteiger partial charge >= 0.3 is 0 Å². The SMILES string of the molecule is CC(C)COCCOc1cnc(CNC(C)(C)C)cn1. The van der Waals surface area contributed by atoms with Crippen LogP contribution in [-0.4, -0.2) is 35.3 Å². The smallest absolute Gasteiger partial charge is 0.232 e. The summed E-state index contributed by atoms with van der Waals surface area (Å²) in [5, 5.41) is 3.36. The molecule has 5 heteroatoms. The summed E-state index contributed by atoms with van der Waals surface area (Å²) in [4.78, 5) is 8.55. The van der Waals surface area contributed by atoms with Gasteiger partial charge in [0.2, 0.25) is 5.88 Å². The van der Waals surface area contributed by atoms with Crippen LogP contribution in [0.1, 0.15) is 40.3 Å². The van der Waals surface area contributed by atoms with E-state index in [0.717, 1.165) is 12.3 Å². The van der Waals surface area contributed by atoms with Crippen molar-refractivity contribution in [3.05, 3.63) is 18.1 Å². The highest BCUT2D eigenvalue weighted by molar-refractivity contribution is 5.07. The van der Waals surface area contributed by atoms with E-state index in [9.17, 15) is 0 Å². The van der Waals surface area contributed by atoms with Crippen molar-refractivity contribution in [3.63, 3.8) is 0 Å². The van der Waals surface area contributed by atoms with E-state index in [1.54, 1.807) is 12.4 Å². The fourth-order valence-electron chi connectivity index (χ4n) is 1.39. The number of hydrogen-bond donors (Lipinski definition) is 1. The van der Waals surface area contributed by atoms with Crippen LogP contribution in [0, 0.1) is 5.92 Å². The first-order valence-electron chi connectivity index (χ1n) is 7.13. The molecule has 5 nitrogen and oxygen atoms in total. The van der Waals surface area contributed by atoms with Crippen molar-refractivity contribution < 1.29 is 9.47 Å². The van der Waals surface area contributed by atoms with Gasteiger partial charge in [-0.25, -0.2) is 4.98 Å². The minimum absolute atomic E-state index is 0.0740. The molecule has 0 fully saturated rings. The first-order chi connectivity index (χ1) is 9.37. The second-order valence-electron chi connectivity index (χ2n) is 6.27. The first kappa shape index (κ1) is 16.9. The molecule has 0 aliphatic heterocycles. The van der Waals surface area contributed by atoms with E-state index in [0.29, 0.717) is 31.6 Å². The molecule has 1 rings (SSSR count). The van der Waals surface area contributed by atoms with Crippen LogP contribution < -0.4 is 10.1 Å². The maximum Gasteiger partial charge on any atom is 0.232 e. The Bertz CT molecular complexity index is 372. The van der Waals surface area contributed by atoms with Crippen LogP contribution in [-0.2, 0) is 11.3 Å². The Labute approximate surface area is 122 Å². The predicted octanol–water partition coefficient (Wildman–Crippen LogP) is 2.42. The van der Waals surface area contributed by atoms with E-state index < -0.39 is 0 Å². The summed E-state index contributed by atoms with van der Waals surface area (Å²) >= 11 is 0. The summed E-state index contributed by atoms with van der Waals surface area (Å²) in [5.41, 5.74) is 0.980. The number of ether oxygens (including phenoxy) is 2. The van der Waals surface area contributed by atoms with E-state index in [-0.39, 0.29) is 5.54 Å². The van der Waals surface area contributed by atoms with Crippen molar-refractivity contribution in [2.45, 2.75) is 46.7 Å². The summed E-state index contributed by atoms with van der Waals surface area (Å²) in [5.74, 6) is 1.09. The molecule has 1 aromatic rings. The molecule has 0 aromatic carbocycles. The van der Waals surface area contributed by atoms with Gasteiger partial charge in [0.05, 0.1) is 24.7 Å². The summed E-state index contributed by atoms with van der Waals surface area (Å²) < 4.78 is 10.9. The van der Waals surface area contributed by atoms with Gasteiger partial charge in [-0.2, -0.15) is 0 Å². The molecule has 20 heavy (non-hydrogen) atoms. The first-order valence-corrected chi connectivity index (χ1v) is 7.13. The maximum absolute atomic E-state index is 5.47. The quantitative estimate of drug-likeness (QED) is 0.742. The molecular weight excluding hydrogens is 254 g/mol. The van der Waals surface area contributed by atoms with Crippen LogP contribution in [0.2, 0.25) is 0 Å². The highest BCUT2D eigenvalue weighted by Gasteiger charge is 2.09. The van der Waals surface area contributed by atoms with Gasteiger partial charge in [0.25, 0.3) is 0 Å². The Morgan fingerprint density at radius 1 is 1.15 bits per heavy atom. The molecule has 0 aliphatic rings. The van der Waals surface area contributed by atoms with E-state index >= 15 is 0 Å². The van der Waals surface area contributed by atoms with Gasteiger partial charge < -0.3 is 14.8 Å². The van der Waals surface area contributed by atoms with Gasteiger partial charge in [0, 0.05) is 18.7 Å². The fourth-order valence-corrected chi connectivity index (χ4v) is 1.39. The number of aromatic nitrogens is 2. The van der Waals surface area contributed by atoms with E-state index in [1.165, 1.54) is 0 Å². The fraction of sp³-hybridized carbons (Fsp3) is 0.733. The largest absolute Gasteiger partial charge is 0.474 e. The predicted molar refractivity (Wildman–Crippen MR) is 79.8 cm³/mol. The van der Waals surface area contributed by atoms with Crippen molar-refractivity contribution in [1.82, 2.24) is 15.3 Å². The van der Waals surface area contributed by atoms with Crippen molar-refractivity contribution >= 4 is 0 Å². The Kier molecular flexibility index (Phi) is 6.88. The Morgan fingerprint density at radius 3 is 2.45 bits per heavy atom. The minimum Gasteiger partial charge on any atom is -0.474 e. The standard InChI is InChI=1S/C15H27N3O2/c1-12(2)11-19-6-7-20-14-10-16-13(8-17-14)9-18-15(3,4)5/h8,10,12,18H,6-7,9,11H2,1-5H3. The molecule has 0 unspecified atom stereocenters. The average molecular weight is 281 g/mol. The topological polar surface area (TPSA) is 56.3 Å². The summed E-state index contributed by atoms with van der Waals surface area (Å²) in [6.07, 6.45) is 3.39. The molecular formula is C15H27N3O2. The minimum atomic E-state index is 0.0740. The molecule has 0 spiro atoms. The van der Waals surface area contributed by atoms with Crippen LogP contribution in [0.4, 0.5) is 0 Å². The number of rotatable bonds is 8. The summed E-state index contributed by atoms with van der Waals surface area (Å²) in [7, 11) is 0. The van der Waals surface area contributed by atoms with Gasteiger partial charge in [-0.15, -0.1) is 0 Å². The summed E-state index contributed by atoms with van der Waals surface area (Å²) in [6.45, 7) is 13.1. The molecule has 0 atom stereocenters. The van der Waals surface area contributed by atoms with Gasteiger partial charge in [0.1, 0.15) is 6.61 Å². The average Bonchev–Trinajstić information content (AvgIpc) is 2.36. The van der Waals surface area contributed by atoms with Crippen molar-refractivity contribution in [2.75, 3.05) is 19.8 Å². The molecule has 0 bridgehead atoms. The van der Waals surface area contributed by atoms with Crippen LogP contribution in [0.25, 0.3) is 0 Å². The second kappa shape index (κ2) is 8.17. The Hall–Kier alpha value is -1.20. The van der Waals surface area contributed by atoms with E-state index in [2.05, 4.69) is 49.9 Å².